The number of nitrogens with zero attached hydrogens (tertiary/aromatic N) is 2. The fourth-order valence-electron chi connectivity index (χ4n) is 2.40. The van der Waals surface area contributed by atoms with E-state index in [-0.39, 0.29) is 17.8 Å². The summed E-state index contributed by atoms with van der Waals surface area (Å²) >= 11 is 1.71. The van der Waals surface area contributed by atoms with Crippen molar-refractivity contribution in [1.29, 1.82) is 0 Å². The minimum absolute atomic E-state index is 0.00637. The van der Waals surface area contributed by atoms with Gasteiger partial charge in [-0.2, -0.15) is 0 Å². The number of hydrogen-bond acceptors (Lipinski definition) is 7. The summed E-state index contributed by atoms with van der Waals surface area (Å²) in [6, 6.07) is 12.6. The Kier molecular flexibility index (Phi) is 5.97. The van der Waals surface area contributed by atoms with Gasteiger partial charge in [0.15, 0.2) is 0 Å². The van der Waals surface area contributed by atoms with E-state index in [4.69, 9.17) is 13.9 Å². The maximum atomic E-state index is 12.4. The van der Waals surface area contributed by atoms with E-state index in [0.717, 1.165) is 10.6 Å². The van der Waals surface area contributed by atoms with Gasteiger partial charge in [-0.15, -0.1) is 16.9 Å². The SMILES string of the molecule is CCSc1ccc(C(=O)Nc2nnc(-c3cc(OC)ccc3OC)o2)cc1. The zero-order valence-electron chi connectivity index (χ0n) is 15.2. The van der Waals surface area contributed by atoms with Crippen LogP contribution in [0.25, 0.3) is 11.5 Å². The third-order valence-corrected chi connectivity index (χ3v) is 4.60. The van der Waals surface area contributed by atoms with Crippen molar-refractivity contribution in [3.63, 3.8) is 0 Å². The molecule has 1 N–H and O–H groups in total. The van der Waals surface area contributed by atoms with Gasteiger partial charge in [0.05, 0.1) is 19.8 Å². The van der Waals surface area contributed by atoms with Crippen LogP contribution in [-0.2, 0) is 0 Å². The van der Waals surface area contributed by atoms with E-state index in [1.165, 1.54) is 0 Å². The average molecular weight is 385 g/mol. The summed E-state index contributed by atoms with van der Waals surface area (Å²) in [5.74, 6) is 2.05. The molecule has 1 heterocycles. The lowest BCUT2D eigenvalue weighted by atomic mass is 10.2. The van der Waals surface area contributed by atoms with E-state index in [1.54, 1.807) is 56.3 Å². The molecular formula is C19H19N3O4S. The van der Waals surface area contributed by atoms with Crippen molar-refractivity contribution >= 4 is 23.7 Å². The maximum absolute atomic E-state index is 12.4. The van der Waals surface area contributed by atoms with E-state index in [1.807, 2.05) is 12.1 Å². The van der Waals surface area contributed by atoms with Crippen LogP contribution in [0.2, 0.25) is 0 Å². The second kappa shape index (κ2) is 8.59. The topological polar surface area (TPSA) is 86.5 Å². The third-order valence-electron chi connectivity index (χ3n) is 3.71. The van der Waals surface area contributed by atoms with Crippen molar-refractivity contribution in [2.24, 2.45) is 0 Å². The molecule has 0 atom stereocenters. The van der Waals surface area contributed by atoms with Gasteiger partial charge in [0.1, 0.15) is 11.5 Å². The van der Waals surface area contributed by atoms with Crippen molar-refractivity contribution in [2.45, 2.75) is 11.8 Å². The van der Waals surface area contributed by atoms with Gasteiger partial charge in [-0.25, -0.2) is 0 Å². The molecule has 0 spiro atoms. The molecule has 3 aromatic rings. The highest BCUT2D eigenvalue weighted by Crippen LogP contribution is 2.33. The van der Waals surface area contributed by atoms with Crippen molar-refractivity contribution in [2.75, 3.05) is 25.3 Å². The summed E-state index contributed by atoms with van der Waals surface area (Å²) in [6.07, 6.45) is 0. The number of methoxy groups -OCH3 is 2. The van der Waals surface area contributed by atoms with Gasteiger partial charge in [0, 0.05) is 10.5 Å². The molecule has 3 rings (SSSR count). The number of benzene rings is 2. The van der Waals surface area contributed by atoms with E-state index in [2.05, 4.69) is 22.4 Å². The number of hydrogen-bond donors (Lipinski definition) is 1. The third kappa shape index (κ3) is 4.40. The summed E-state index contributed by atoms with van der Waals surface area (Å²) < 4.78 is 16.1. The lowest BCUT2D eigenvalue weighted by Gasteiger charge is -2.07. The Morgan fingerprint density at radius 1 is 1.11 bits per heavy atom. The van der Waals surface area contributed by atoms with E-state index >= 15 is 0 Å². The molecule has 8 heteroatoms. The molecule has 0 aliphatic rings. The van der Waals surface area contributed by atoms with Crippen molar-refractivity contribution in [1.82, 2.24) is 10.2 Å². The van der Waals surface area contributed by atoms with Gasteiger partial charge in [-0.05, 0) is 48.2 Å². The minimum Gasteiger partial charge on any atom is -0.497 e. The predicted molar refractivity (Wildman–Crippen MR) is 104 cm³/mol. The molecule has 2 aromatic carbocycles. The number of anilines is 1. The smallest absolute Gasteiger partial charge is 0.322 e. The van der Waals surface area contributed by atoms with E-state index < -0.39 is 0 Å². The Labute approximate surface area is 161 Å². The van der Waals surface area contributed by atoms with Crippen LogP contribution in [0.1, 0.15) is 17.3 Å². The highest BCUT2D eigenvalue weighted by molar-refractivity contribution is 7.99. The number of thioether (sulfide) groups is 1. The fraction of sp³-hybridized carbons (Fsp3) is 0.211. The zero-order chi connectivity index (χ0) is 19.2. The molecule has 0 aliphatic heterocycles. The summed E-state index contributed by atoms with van der Waals surface area (Å²) in [6.45, 7) is 2.08. The monoisotopic (exact) mass is 385 g/mol. The molecule has 0 unspecified atom stereocenters. The number of carbonyl (C=O) groups is 1. The van der Waals surface area contributed by atoms with Crippen LogP contribution in [-0.4, -0.2) is 36.1 Å². The Morgan fingerprint density at radius 3 is 2.56 bits per heavy atom. The van der Waals surface area contributed by atoms with Crippen LogP contribution in [0.3, 0.4) is 0 Å². The number of carbonyl (C=O) groups excluding carboxylic acids is 1. The maximum Gasteiger partial charge on any atom is 0.322 e. The molecule has 1 aromatic heterocycles. The molecule has 27 heavy (non-hydrogen) atoms. The lowest BCUT2D eigenvalue weighted by Crippen LogP contribution is -2.11. The number of nitrogens with one attached hydrogen (secondary N) is 1. The Morgan fingerprint density at radius 2 is 1.89 bits per heavy atom. The first kappa shape index (κ1) is 18.8. The summed E-state index contributed by atoms with van der Waals surface area (Å²) in [5, 5.41) is 10.5. The summed E-state index contributed by atoms with van der Waals surface area (Å²) in [5.41, 5.74) is 1.08. The number of aromatic nitrogens is 2. The van der Waals surface area contributed by atoms with Crippen molar-refractivity contribution in [3.05, 3.63) is 48.0 Å². The largest absolute Gasteiger partial charge is 0.497 e. The first-order valence-electron chi connectivity index (χ1n) is 8.24. The Bertz CT molecular complexity index is 925. The number of ether oxygens (including phenoxy) is 2. The van der Waals surface area contributed by atoms with Crippen LogP contribution < -0.4 is 14.8 Å². The molecular weight excluding hydrogens is 366 g/mol. The number of amides is 1. The van der Waals surface area contributed by atoms with Crippen LogP contribution >= 0.6 is 11.8 Å². The predicted octanol–water partition coefficient (Wildman–Crippen LogP) is 4.12. The van der Waals surface area contributed by atoms with Crippen LogP contribution in [0.15, 0.2) is 51.8 Å². The second-order valence-electron chi connectivity index (χ2n) is 5.39. The van der Waals surface area contributed by atoms with Gasteiger partial charge in [0.2, 0.25) is 0 Å². The molecule has 1 amide bonds. The van der Waals surface area contributed by atoms with Crippen LogP contribution in [0, 0.1) is 0 Å². The molecule has 0 saturated carbocycles. The van der Waals surface area contributed by atoms with Gasteiger partial charge >= 0.3 is 6.01 Å². The zero-order valence-corrected chi connectivity index (χ0v) is 16.0. The van der Waals surface area contributed by atoms with Gasteiger partial charge in [0.25, 0.3) is 11.8 Å². The standard InChI is InChI=1S/C19H19N3O4S/c1-4-27-14-8-5-12(6-9-14)17(23)20-19-22-21-18(26-19)15-11-13(24-2)7-10-16(15)25-3/h5-11H,4H2,1-3H3,(H,20,22,23). The van der Waals surface area contributed by atoms with E-state index in [9.17, 15) is 4.79 Å². The van der Waals surface area contributed by atoms with Crippen molar-refractivity contribution < 1.29 is 18.7 Å². The first-order chi connectivity index (χ1) is 13.1. The molecule has 0 radical (unpaired) electrons. The van der Waals surface area contributed by atoms with Gasteiger partial charge in [-0.3, -0.25) is 10.1 Å². The molecule has 0 saturated heterocycles. The lowest BCUT2D eigenvalue weighted by molar-refractivity contribution is 0.102. The molecule has 7 nitrogen and oxygen atoms in total. The summed E-state index contributed by atoms with van der Waals surface area (Å²) in [4.78, 5) is 13.5. The molecule has 0 aliphatic carbocycles. The Balaban J connectivity index is 1.77. The van der Waals surface area contributed by atoms with Crippen LogP contribution in [0.4, 0.5) is 6.01 Å². The molecule has 0 fully saturated rings. The normalized spacial score (nSPS) is 10.5. The van der Waals surface area contributed by atoms with Gasteiger partial charge in [-0.1, -0.05) is 12.0 Å². The molecule has 0 bridgehead atoms. The van der Waals surface area contributed by atoms with Crippen LogP contribution in [0.5, 0.6) is 11.5 Å². The van der Waals surface area contributed by atoms with E-state index in [0.29, 0.717) is 22.6 Å². The summed E-state index contributed by atoms with van der Waals surface area (Å²) in [7, 11) is 3.11. The fourth-order valence-corrected chi connectivity index (χ4v) is 3.06. The second-order valence-corrected chi connectivity index (χ2v) is 6.73. The van der Waals surface area contributed by atoms with Gasteiger partial charge < -0.3 is 13.9 Å². The average Bonchev–Trinajstić information content (AvgIpc) is 3.16. The highest BCUT2D eigenvalue weighted by atomic mass is 32.2. The Hall–Kier alpha value is -3.00. The quantitative estimate of drug-likeness (QED) is 0.612. The van der Waals surface area contributed by atoms with Crippen molar-refractivity contribution in [3.8, 4) is 23.0 Å². The molecule has 140 valence electrons. The first-order valence-corrected chi connectivity index (χ1v) is 9.23. The number of rotatable bonds is 7. The highest BCUT2D eigenvalue weighted by Gasteiger charge is 2.16. The minimum atomic E-state index is -0.323.